The minimum atomic E-state index is 0.196. The highest BCUT2D eigenvalue weighted by atomic mass is 32.1. The molecule has 0 saturated carbocycles. The molecule has 0 fully saturated rings. The van der Waals surface area contributed by atoms with Gasteiger partial charge < -0.3 is 4.74 Å². The van der Waals surface area contributed by atoms with Crippen LogP contribution in [0.4, 0.5) is 0 Å². The Kier molecular flexibility index (Phi) is 6.34. The Morgan fingerprint density at radius 2 is 1.90 bits per heavy atom. The molecule has 0 N–H and O–H groups in total. The number of benzene rings is 3. The number of thiazole rings is 1. The smallest absolute Gasteiger partial charge is 0.124 e. The maximum absolute atomic E-state index is 9.24. The minimum absolute atomic E-state index is 0.196. The summed E-state index contributed by atoms with van der Waals surface area (Å²) in [6.45, 7) is 4.27. The first-order valence-corrected chi connectivity index (χ1v) is 13.7. The van der Waals surface area contributed by atoms with Gasteiger partial charge in [-0.15, -0.1) is 11.3 Å². The Morgan fingerprint density at radius 3 is 2.62 bits per heavy atom. The molecule has 0 aliphatic rings. The summed E-state index contributed by atoms with van der Waals surface area (Å²) < 4.78 is 7.74. The van der Waals surface area contributed by atoms with Crippen LogP contribution in [0, 0.1) is 18.3 Å². The van der Waals surface area contributed by atoms with E-state index in [4.69, 9.17) is 14.8 Å². The molecule has 7 heteroatoms. The Balaban J connectivity index is 1.45. The average Bonchev–Trinajstić information content (AvgIpc) is 3.55. The van der Waals surface area contributed by atoms with Crippen LogP contribution in [0.25, 0.3) is 44.3 Å². The highest BCUT2D eigenvalue weighted by molar-refractivity contribution is 7.09. The van der Waals surface area contributed by atoms with E-state index in [2.05, 4.69) is 53.7 Å². The fraction of sp³-hybridized carbons (Fsp3) is 0.188. The second-order valence-corrected chi connectivity index (χ2v) is 10.9. The van der Waals surface area contributed by atoms with Crippen molar-refractivity contribution in [2.75, 3.05) is 7.11 Å². The normalized spacial score (nSPS) is 12.1. The van der Waals surface area contributed by atoms with Gasteiger partial charge in [0.1, 0.15) is 11.4 Å². The largest absolute Gasteiger partial charge is 0.496 e. The molecule has 1 atom stereocenters. The molecule has 192 valence electrons. The maximum Gasteiger partial charge on any atom is 0.124 e. The quantitative estimate of drug-likeness (QED) is 0.224. The van der Waals surface area contributed by atoms with Gasteiger partial charge in [0.2, 0.25) is 0 Å². The Bertz CT molecular complexity index is 1880. The molecule has 0 saturated heterocycles. The third-order valence-electron chi connectivity index (χ3n) is 7.24. The summed E-state index contributed by atoms with van der Waals surface area (Å²) >= 11 is 1.67. The first kappa shape index (κ1) is 24.8. The second kappa shape index (κ2) is 9.97. The molecule has 39 heavy (non-hydrogen) atoms. The Labute approximate surface area is 231 Å². The lowest BCUT2D eigenvalue weighted by molar-refractivity contribution is 0.407. The van der Waals surface area contributed by atoms with E-state index in [1.165, 1.54) is 5.56 Å². The summed E-state index contributed by atoms with van der Waals surface area (Å²) in [5.74, 6) is 1.03. The summed E-state index contributed by atoms with van der Waals surface area (Å²) in [6.07, 6.45) is 2.73. The lowest BCUT2D eigenvalue weighted by Crippen LogP contribution is -2.02. The molecule has 3 heterocycles. The molecular weight excluding hydrogens is 502 g/mol. The summed E-state index contributed by atoms with van der Waals surface area (Å²) in [5.41, 5.74) is 8.83. The molecule has 6 rings (SSSR count). The van der Waals surface area contributed by atoms with Crippen LogP contribution in [0.3, 0.4) is 0 Å². The number of hydrogen-bond acceptors (Lipinski definition) is 6. The van der Waals surface area contributed by atoms with E-state index in [1.807, 2.05) is 55.2 Å². The SMILES string of the molecule is COc1cc2ncc3c(c(-c4ccc(C#N)cc4)nn3C)c2cc1C(C)Cc1cccc(-c2csc(C)n2)c1. The van der Waals surface area contributed by atoms with Crippen molar-refractivity contribution in [1.82, 2.24) is 19.7 Å². The van der Waals surface area contributed by atoms with Crippen molar-refractivity contribution in [2.24, 2.45) is 7.05 Å². The lowest BCUT2D eigenvalue weighted by Gasteiger charge is -2.18. The fourth-order valence-electron chi connectivity index (χ4n) is 5.26. The summed E-state index contributed by atoms with van der Waals surface area (Å²) in [5, 5.41) is 19.3. The molecule has 1 unspecified atom stereocenters. The third-order valence-corrected chi connectivity index (χ3v) is 8.01. The molecule has 0 aliphatic heterocycles. The van der Waals surface area contributed by atoms with E-state index in [1.54, 1.807) is 18.4 Å². The highest BCUT2D eigenvalue weighted by Crippen LogP contribution is 2.38. The first-order valence-electron chi connectivity index (χ1n) is 12.8. The van der Waals surface area contributed by atoms with E-state index in [0.29, 0.717) is 5.56 Å². The zero-order valence-corrected chi connectivity index (χ0v) is 23.1. The van der Waals surface area contributed by atoms with Crippen molar-refractivity contribution in [3.05, 3.63) is 93.9 Å². The van der Waals surface area contributed by atoms with Gasteiger partial charge >= 0.3 is 0 Å². The number of nitrogens with zero attached hydrogens (tertiary/aromatic N) is 5. The van der Waals surface area contributed by atoms with E-state index in [-0.39, 0.29) is 5.92 Å². The van der Waals surface area contributed by atoms with Gasteiger partial charge in [-0.25, -0.2) is 4.98 Å². The van der Waals surface area contributed by atoms with Crippen molar-refractivity contribution >= 4 is 33.1 Å². The van der Waals surface area contributed by atoms with Crippen molar-refractivity contribution in [1.29, 1.82) is 5.26 Å². The molecule has 3 aromatic heterocycles. The van der Waals surface area contributed by atoms with Crippen LogP contribution in [0.1, 0.15) is 34.5 Å². The lowest BCUT2D eigenvalue weighted by atomic mass is 9.90. The number of hydrogen-bond donors (Lipinski definition) is 0. The van der Waals surface area contributed by atoms with Gasteiger partial charge in [-0.3, -0.25) is 9.67 Å². The molecular formula is C32H27N5OS. The molecule has 0 bridgehead atoms. The maximum atomic E-state index is 9.24. The van der Waals surface area contributed by atoms with Gasteiger partial charge in [-0.2, -0.15) is 10.4 Å². The Hall–Kier alpha value is -4.54. The van der Waals surface area contributed by atoms with Crippen molar-refractivity contribution in [2.45, 2.75) is 26.2 Å². The number of pyridine rings is 1. The third kappa shape index (κ3) is 4.53. The van der Waals surface area contributed by atoms with E-state index < -0.39 is 0 Å². The Morgan fingerprint density at radius 1 is 1.08 bits per heavy atom. The predicted octanol–water partition coefficient (Wildman–Crippen LogP) is 7.45. The van der Waals surface area contributed by atoms with Crippen LogP contribution in [0.5, 0.6) is 5.75 Å². The number of methoxy groups -OCH3 is 1. The van der Waals surface area contributed by atoms with Crippen LogP contribution < -0.4 is 4.74 Å². The van der Waals surface area contributed by atoms with Gasteiger partial charge in [-0.05, 0) is 54.7 Å². The van der Waals surface area contributed by atoms with Crippen molar-refractivity contribution < 1.29 is 4.74 Å². The molecule has 6 nitrogen and oxygen atoms in total. The van der Waals surface area contributed by atoms with Gasteiger partial charge in [0.15, 0.2) is 0 Å². The van der Waals surface area contributed by atoms with Crippen LogP contribution in [0.2, 0.25) is 0 Å². The van der Waals surface area contributed by atoms with Crippen molar-refractivity contribution in [3.63, 3.8) is 0 Å². The topological polar surface area (TPSA) is 76.6 Å². The summed E-state index contributed by atoms with van der Waals surface area (Å²) in [7, 11) is 3.65. The van der Waals surface area contributed by atoms with E-state index in [0.717, 1.165) is 67.1 Å². The second-order valence-electron chi connectivity index (χ2n) is 9.85. The number of rotatable bonds is 6. The number of fused-ring (bicyclic) bond motifs is 3. The van der Waals surface area contributed by atoms with Crippen LogP contribution in [0.15, 0.2) is 72.2 Å². The molecule has 3 aromatic carbocycles. The van der Waals surface area contributed by atoms with Crippen LogP contribution >= 0.6 is 11.3 Å². The van der Waals surface area contributed by atoms with Crippen LogP contribution in [-0.4, -0.2) is 26.9 Å². The molecule has 0 radical (unpaired) electrons. The molecule has 0 aliphatic carbocycles. The van der Waals surface area contributed by atoms with Gasteiger partial charge in [0.25, 0.3) is 0 Å². The van der Waals surface area contributed by atoms with Gasteiger partial charge in [-0.1, -0.05) is 37.3 Å². The van der Waals surface area contributed by atoms with E-state index in [9.17, 15) is 5.26 Å². The number of ether oxygens (including phenoxy) is 1. The fourth-order valence-corrected chi connectivity index (χ4v) is 5.88. The van der Waals surface area contributed by atoms with Crippen LogP contribution in [-0.2, 0) is 13.5 Å². The summed E-state index contributed by atoms with van der Waals surface area (Å²) in [6, 6.07) is 22.7. The predicted molar refractivity (Wildman–Crippen MR) is 157 cm³/mol. The molecule has 0 spiro atoms. The minimum Gasteiger partial charge on any atom is -0.496 e. The van der Waals surface area contributed by atoms with Gasteiger partial charge in [0.05, 0.1) is 46.7 Å². The number of nitriles is 1. The molecule has 0 amide bonds. The average molecular weight is 530 g/mol. The highest BCUT2D eigenvalue weighted by Gasteiger charge is 2.20. The zero-order valence-electron chi connectivity index (χ0n) is 22.3. The van der Waals surface area contributed by atoms with Gasteiger partial charge in [0, 0.05) is 40.4 Å². The molecule has 6 aromatic rings. The van der Waals surface area contributed by atoms with E-state index >= 15 is 0 Å². The number of aryl methyl sites for hydroxylation is 2. The standard InChI is InChI=1S/C32H27N5OS/c1-19(12-22-6-5-7-24(13-22)28-18-39-20(2)35-28)25-14-26-27(15-30(25)38-4)34-17-29-31(26)32(36-37(29)3)23-10-8-21(16-33)9-11-23/h5-11,13-15,17-19H,12H2,1-4H3. The van der Waals surface area contributed by atoms with Crippen molar-refractivity contribution in [3.8, 4) is 34.3 Å². The number of aromatic nitrogens is 4. The monoisotopic (exact) mass is 529 g/mol. The summed E-state index contributed by atoms with van der Waals surface area (Å²) in [4.78, 5) is 9.42. The first-order chi connectivity index (χ1) is 18.9. The zero-order chi connectivity index (χ0) is 27.1.